The average Bonchev–Trinajstić information content (AvgIpc) is 2.99. The molecule has 5 heteroatoms. The van der Waals surface area contributed by atoms with E-state index in [1.807, 2.05) is 0 Å². The van der Waals surface area contributed by atoms with Crippen molar-refractivity contribution >= 4 is 36.1 Å². The molecule has 1 aromatic rings. The molecule has 0 aromatic heterocycles. The molecule has 1 aliphatic carbocycles. The van der Waals surface area contributed by atoms with Crippen LogP contribution in [0.4, 0.5) is 0 Å². The Bertz CT molecular complexity index is 501. The third kappa shape index (κ3) is 2.11. The Morgan fingerprint density at radius 2 is 2.12 bits per heavy atom. The first-order chi connectivity index (χ1) is 8.19. The average molecular weight is 343 g/mol. The summed E-state index contributed by atoms with van der Waals surface area (Å²) in [6.07, 6.45) is 7.49. The molecule has 1 atom stereocenters. The maximum absolute atomic E-state index is 6.78. The van der Waals surface area contributed by atoms with Crippen molar-refractivity contribution in [3.8, 4) is 0 Å². The molecule has 1 nitrogen and oxygen atoms in total. The van der Waals surface area contributed by atoms with Crippen molar-refractivity contribution in [2.24, 2.45) is 0 Å². The summed E-state index contributed by atoms with van der Waals surface area (Å²) in [7, 11) is 13.6. The number of rotatable bonds is 2. The summed E-state index contributed by atoms with van der Waals surface area (Å²) in [4.78, 5) is 0. The van der Waals surface area contributed by atoms with Gasteiger partial charge in [0.15, 0.2) is 0 Å². The molecule has 0 radical (unpaired) electrons. The van der Waals surface area contributed by atoms with Crippen molar-refractivity contribution in [2.75, 3.05) is 6.54 Å². The molecule has 3 rings (SSSR count). The molecule has 2 aliphatic rings. The van der Waals surface area contributed by atoms with Gasteiger partial charge in [-0.1, -0.05) is 0 Å². The van der Waals surface area contributed by atoms with Gasteiger partial charge < -0.3 is 0 Å². The minimum absolute atomic E-state index is 0.242. The van der Waals surface area contributed by atoms with Crippen LogP contribution in [0.5, 0.6) is 0 Å². The molecule has 1 heterocycles. The van der Waals surface area contributed by atoms with Gasteiger partial charge in [-0.3, -0.25) is 0 Å². The van der Waals surface area contributed by atoms with E-state index >= 15 is 0 Å². The maximum atomic E-state index is 6.78. The number of allylic oxidation sites excluding steroid dienone is 1. The van der Waals surface area contributed by atoms with Crippen LogP contribution >= 0.6 is 17.0 Å². The number of benzene rings is 1. The van der Waals surface area contributed by atoms with Gasteiger partial charge in [-0.05, 0) is 0 Å². The molecular formula is C12H12BCl2NZr. The summed E-state index contributed by atoms with van der Waals surface area (Å²) in [6, 6.07) is 8.40. The van der Waals surface area contributed by atoms with Gasteiger partial charge in [0.25, 0.3) is 0 Å². The Morgan fingerprint density at radius 1 is 1.29 bits per heavy atom. The van der Waals surface area contributed by atoms with Crippen LogP contribution in [-0.2, 0) is 18.2 Å². The summed E-state index contributed by atoms with van der Waals surface area (Å²) < 4.78 is 2.46. The summed E-state index contributed by atoms with van der Waals surface area (Å²) >= 11 is -3.30. The number of fused-ring (bicyclic) bond motifs is 1. The van der Waals surface area contributed by atoms with Gasteiger partial charge in [0, 0.05) is 0 Å². The zero-order valence-electron chi connectivity index (χ0n) is 9.31. The van der Waals surface area contributed by atoms with Crippen LogP contribution in [0.25, 0.3) is 6.08 Å². The van der Waals surface area contributed by atoms with E-state index in [-0.39, 0.29) is 3.63 Å². The zero-order valence-corrected chi connectivity index (χ0v) is 13.3. The molecular weight excluding hydrogens is 331 g/mol. The van der Waals surface area contributed by atoms with Crippen LogP contribution in [0.15, 0.2) is 30.3 Å². The van der Waals surface area contributed by atoms with Crippen molar-refractivity contribution in [3.63, 3.8) is 0 Å². The molecule has 1 aromatic carbocycles. The van der Waals surface area contributed by atoms with Crippen molar-refractivity contribution in [1.82, 2.24) is 2.84 Å². The molecule has 0 N–H and O–H groups in total. The Kier molecular flexibility index (Phi) is 3.36. The first-order valence-corrected chi connectivity index (χ1v) is 14.6. The quantitative estimate of drug-likeness (QED) is 0.745. The van der Waals surface area contributed by atoms with E-state index in [4.69, 9.17) is 17.0 Å². The molecule has 1 aliphatic heterocycles. The molecule has 86 valence electrons. The number of hydrogen-bond donors (Lipinski definition) is 0. The summed E-state index contributed by atoms with van der Waals surface area (Å²) in [6.45, 7) is 3.14. The van der Waals surface area contributed by atoms with E-state index in [0.29, 0.717) is 0 Å². The van der Waals surface area contributed by atoms with Crippen molar-refractivity contribution in [1.29, 1.82) is 0 Å². The minimum atomic E-state index is -3.30. The van der Waals surface area contributed by atoms with E-state index in [2.05, 4.69) is 52.3 Å². The van der Waals surface area contributed by atoms with Crippen LogP contribution in [0.3, 0.4) is 0 Å². The number of nitrogens with zero attached hydrogens (tertiary/aromatic N) is 1. The van der Waals surface area contributed by atoms with Gasteiger partial charge >= 0.3 is 115 Å². The SMILES string of the molecule is [Cl][Zr]([Cl])([CH]1C=Cc2ccccc21)[N]1C=BCC1. The third-order valence-electron chi connectivity index (χ3n) is 3.38. The third-order valence-corrected chi connectivity index (χ3v) is 14.6. The topological polar surface area (TPSA) is 3.24 Å². The van der Waals surface area contributed by atoms with Gasteiger partial charge in [0.1, 0.15) is 0 Å². The fraction of sp³-hybridized carbons (Fsp3) is 0.250. The Hall–Kier alpha value is 0.158. The summed E-state index contributed by atoms with van der Waals surface area (Å²) in [5, 5.41) is 0. The van der Waals surface area contributed by atoms with E-state index in [9.17, 15) is 0 Å². The predicted molar refractivity (Wildman–Crippen MR) is 73.3 cm³/mol. The summed E-state index contributed by atoms with van der Waals surface area (Å²) in [5.41, 5.74) is 2.57. The summed E-state index contributed by atoms with van der Waals surface area (Å²) in [5.74, 6) is 0. The molecule has 0 bridgehead atoms. The van der Waals surface area contributed by atoms with Gasteiger partial charge in [0.05, 0.1) is 0 Å². The fourth-order valence-electron chi connectivity index (χ4n) is 2.47. The first-order valence-electron chi connectivity index (χ1n) is 5.78. The zero-order chi connectivity index (χ0) is 11.9. The van der Waals surface area contributed by atoms with Crippen molar-refractivity contribution in [3.05, 3.63) is 41.5 Å². The number of hydrogen-bond acceptors (Lipinski definition) is 1. The second-order valence-corrected chi connectivity index (χ2v) is 18.2. The predicted octanol–water partition coefficient (Wildman–Crippen LogP) is 3.33. The molecule has 0 saturated carbocycles. The normalized spacial score (nSPS) is 21.8. The van der Waals surface area contributed by atoms with Crippen molar-refractivity contribution < 1.29 is 18.2 Å². The Labute approximate surface area is 114 Å². The Morgan fingerprint density at radius 3 is 2.88 bits per heavy atom. The van der Waals surface area contributed by atoms with Crippen LogP contribution < -0.4 is 0 Å². The van der Waals surface area contributed by atoms with E-state index < -0.39 is 18.2 Å². The first kappa shape index (κ1) is 12.2. The fourth-order valence-corrected chi connectivity index (χ4v) is 11.4. The van der Waals surface area contributed by atoms with Crippen LogP contribution in [0, 0.1) is 0 Å². The standard InChI is InChI=1S/C9H7.C3H5BN.2ClH.Zr/c1-2-5-9-7-3-6-8(9)4-1;1-2-5-3-4-1;;;/h1-7H;3H,1-2H2;2*1H;/q;-1;;;+3/p-2. The molecule has 1 unspecified atom stereocenters. The van der Waals surface area contributed by atoms with Crippen LogP contribution in [0.2, 0.25) is 6.32 Å². The van der Waals surface area contributed by atoms with Gasteiger partial charge in [-0.15, -0.1) is 0 Å². The van der Waals surface area contributed by atoms with Crippen molar-refractivity contribution in [2.45, 2.75) is 9.95 Å². The molecule has 0 spiro atoms. The molecule has 0 saturated heterocycles. The van der Waals surface area contributed by atoms with E-state index in [0.717, 1.165) is 12.9 Å². The Balaban J connectivity index is 1.96. The van der Waals surface area contributed by atoms with E-state index in [1.54, 1.807) is 0 Å². The van der Waals surface area contributed by atoms with Gasteiger partial charge in [0.2, 0.25) is 0 Å². The van der Waals surface area contributed by atoms with Gasteiger partial charge in [-0.2, -0.15) is 0 Å². The second kappa shape index (κ2) is 4.68. The number of halogens is 2. The molecule has 17 heavy (non-hydrogen) atoms. The van der Waals surface area contributed by atoms with Crippen LogP contribution in [0.1, 0.15) is 14.8 Å². The second-order valence-electron chi connectivity index (χ2n) is 4.42. The van der Waals surface area contributed by atoms with Gasteiger partial charge in [-0.25, -0.2) is 0 Å². The monoisotopic (exact) mass is 341 g/mol. The molecule has 0 fully saturated rings. The molecule has 0 amide bonds. The van der Waals surface area contributed by atoms with E-state index in [1.165, 1.54) is 11.1 Å². The van der Waals surface area contributed by atoms with Crippen LogP contribution in [-0.4, -0.2) is 22.4 Å².